The van der Waals surface area contributed by atoms with Gasteiger partial charge in [-0.05, 0) is 74.5 Å². The van der Waals surface area contributed by atoms with E-state index >= 15 is 0 Å². The van der Waals surface area contributed by atoms with Gasteiger partial charge in [0, 0.05) is 26.3 Å². The van der Waals surface area contributed by atoms with Crippen molar-refractivity contribution in [2.24, 2.45) is 34.3 Å². The number of amides is 1. The number of nitrogens with one attached hydrogen (secondary N) is 1. The molecule has 0 aromatic rings. The Hall–Kier alpha value is -0.320. The Bertz CT molecular complexity index is 413. The summed E-state index contributed by atoms with van der Waals surface area (Å²) in [5, 5.41) is 3.33. The molecule has 23 heavy (non-hydrogen) atoms. The van der Waals surface area contributed by atoms with Crippen LogP contribution in [0.4, 0.5) is 0 Å². The largest absolute Gasteiger partial charge is 0.381 e. The molecule has 5 aliphatic rings. The van der Waals surface area contributed by atoms with Crippen LogP contribution in [-0.4, -0.2) is 32.2 Å². The third-order valence-electron chi connectivity index (χ3n) is 7.11. The second kappa shape index (κ2) is 6.53. The molecular weight excluding hydrogens is 312 g/mol. The van der Waals surface area contributed by atoms with Crippen molar-refractivity contribution in [3.63, 3.8) is 0 Å². The number of halogens is 1. The fraction of sp³-hybridized carbons (Fsp3) is 0.944. The van der Waals surface area contributed by atoms with E-state index in [-0.39, 0.29) is 23.7 Å². The molecule has 1 heterocycles. The number of nitrogens with two attached hydrogens (primary N) is 1. The molecule has 4 saturated carbocycles. The van der Waals surface area contributed by atoms with Crippen LogP contribution in [0.15, 0.2) is 0 Å². The Labute approximate surface area is 145 Å². The zero-order valence-electron chi connectivity index (χ0n) is 14.0. The molecule has 1 aliphatic heterocycles. The molecule has 0 unspecified atom stereocenters. The molecule has 5 fully saturated rings. The summed E-state index contributed by atoms with van der Waals surface area (Å²) in [6.45, 7) is 2.67. The van der Waals surface area contributed by atoms with Crippen molar-refractivity contribution in [2.75, 3.05) is 26.3 Å². The first-order chi connectivity index (χ1) is 10.6. The summed E-state index contributed by atoms with van der Waals surface area (Å²) in [5.74, 6) is 3.01. The fourth-order valence-corrected chi connectivity index (χ4v) is 6.25. The van der Waals surface area contributed by atoms with E-state index in [1.165, 1.54) is 38.5 Å². The summed E-state index contributed by atoms with van der Waals surface area (Å²) in [5.41, 5.74) is 5.99. The van der Waals surface area contributed by atoms with Crippen molar-refractivity contribution in [1.29, 1.82) is 0 Å². The van der Waals surface area contributed by atoms with Crippen molar-refractivity contribution < 1.29 is 9.53 Å². The van der Waals surface area contributed by atoms with Gasteiger partial charge >= 0.3 is 0 Å². The Morgan fingerprint density at radius 3 is 2.04 bits per heavy atom. The third-order valence-corrected chi connectivity index (χ3v) is 7.11. The molecule has 4 aliphatic carbocycles. The van der Waals surface area contributed by atoms with E-state index in [0.717, 1.165) is 37.1 Å². The number of carbonyl (C=O) groups excluding carboxylic acids is 1. The van der Waals surface area contributed by atoms with Crippen LogP contribution in [0.3, 0.4) is 0 Å². The van der Waals surface area contributed by atoms with Crippen molar-refractivity contribution in [3.8, 4) is 0 Å². The van der Waals surface area contributed by atoms with E-state index in [0.29, 0.717) is 25.2 Å². The molecule has 4 nitrogen and oxygen atoms in total. The molecule has 1 saturated heterocycles. The SMILES string of the molecule is Cl.NCC1(C(=O)NCC23CC4CC(CC(C4)C2)C3)CCOCC1. The lowest BCUT2D eigenvalue weighted by Gasteiger charge is -2.57. The molecule has 5 heteroatoms. The van der Waals surface area contributed by atoms with Crippen LogP contribution in [-0.2, 0) is 9.53 Å². The fourth-order valence-electron chi connectivity index (χ4n) is 6.25. The summed E-state index contributed by atoms with van der Waals surface area (Å²) < 4.78 is 5.42. The molecule has 4 bridgehead atoms. The lowest BCUT2D eigenvalue weighted by Crippen LogP contribution is -2.55. The predicted octanol–water partition coefficient (Wildman–Crippen LogP) is 2.50. The van der Waals surface area contributed by atoms with Gasteiger partial charge in [-0.1, -0.05) is 0 Å². The van der Waals surface area contributed by atoms with E-state index in [9.17, 15) is 4.79 Å². The first kappa shape index (κ1) is 17.5. The van der Waals surface area contributed by atoms with Crippen molar-refractivity contribution in [1.82, 2.24) is 5.32 Å². The topological polar surface area (TPSA) is 64.4 Å². The van der Waals surface area contributed by atoms with Gasteiger partial charge in [-0.2, -0.15) is 0 Å². The minimum Gasteiger partial charge on any atom is -0.381 e. The zero-order valence-corrected chi connectivity index (χ0v) is 14.8. The summed E-state index contributed by atoms with van der Waals surface area (Å²) in [6, 6.07) is 0. The van der Waals surface area contributed by atoms with Crippen LogP contribution >= 0.6 is 12.4 Å². The van der Waals surface area contributed by atoms with Gasteiger partial charge < -0.3 is 15.8 Å². The molecule has 0 atom stereocenters. The van der Waals surface area contributed by atoms with Gasteiger partial charge in [0.25, 0.3) is 0 Å². The van der Waals surface area contributed by atoms with Crippen LogP contribution in [0, 0.1) is 28.6 Å². The molecule has 0 spiro atoms. The Morgan fingerprint density at radius 1 is 1.04 bits per heavy atom. The highest BCUT2D eigenvalue weighted by Gasteiger charge is 2.51. The number of ether oxygens (including phenoxy) is 1. The monoisotopic (exact) mass is 342 g/mol. The Kier molecular flexibility index (Phi) is 4.97. The zero-order chi connectivity index (χ0) is 15.2. The molecule has 5 rings (SSSR count). The molecule has 0 aromatic heterocycles. The number of carbonyl (C=O) groups is 1. The summed E-state index contributed by atoms with van der Waals surface area (Å²) in [6.07, 6.45) is 9.95. The van der Waals surface area contributed by atoms with Gasteiger partial charge in [0.1, 0.15) is 0 Å². The minimum absolute atomic E-state index is 0. The average Bonchev–Trinajstić information content (AvgIpc) is 2.52. The van der Waals surface area contributed by atoms with Gasteiger partial charge in [-0.3, -0.25) is 4.79 Å². The van der Waals surface area contributed by atoms with Crippen LogP contribution in [0.25, 0.3) is 0 Å². The molecule has 0 aromatic carbocycles. The van der Waals surface area contributed by atoms with Crippen molar-refractivity contribution in [3.05, 3.63) is 0 Å². The maximum Gasteiger partial charge on any atom is 0.227 e. The second-order valence-electron chi connectivity index (χ2n) is 8.70. The van der Waals surface area contributed by atoms with Crippen LogP contribution in [0.5, 0.6) is 0 Å². The van der Waals surface area contributed by atoms with E-state index in [1.54, 1.807) is 0 Å². The van der Waals surface area contributed by atoms with Gasteiger partial charge in [0.15, 0.2) is 0 Å². The first-order valence-electron chi connectivity index (χ1n) is 9.19. The molecule has 0 radical (unpaired) electrons. The summed E-state index contributed by atoms with van der Waals surface area (Å²) in [7, 11) is 0. The highest BCUT2D eigenvalue weighted by molar-refractivity contribution is 5.85. The normalized spacial score (nSPS) is 40.5. The molecular formula is C18H31ClN2O2. The minimum atomic E-state index is -0.374. The molecule has 132 valence electrons. The first-order valence-corrected chi connectivity index (χ1v) is 9.19. The predicted molar refractivity (Wildman–Crippen MR) is 92.4 cm³/mol. The van der Waals surface area contributed by atoms with Gasteiger partial charge in [-0.15, -0.1) is 12.4 Å². The lowest BCUT2D eigenvalue weighted by molar-refractivity contribution is -0.137. The Morgan fingerprint density at radius 2 is 1.57 bits per heavy atom. The van der Waals surface area contributed by atoms with Crippen molar-refractivity contribution >= 4 is 18.3 Å². The maximum absolute atomic E-state index is 12.8. The quantitative estimate of drug-likeness (QED) is 0.825. The number of hydrogen-bond donors (Lipinski definition) is 2. The van der Waals surface area contributed by atoms with E-state index < -0.39 is 0 Å². The highest BCUT2D eigenvalue weighted by Crippen LogP contribution is 2.59. The number of hydrogen-bond acceptors (Lipinski definition) is 3. The van der Waals surface area contributed by atoms with E-state index in [1.807, 2.05) is 0 Å². The third kappa shape index (κ3) is 3.14. The average molecular weight is 343 g/mol. The number of rotatable bonds is 4. The lowest BCUT2D eigenvalue weighted by atomic mass is 9.49. The van der Waals surface area contributed by atoms with Gasteiger partial charge in [-0.25, -0.2) is 0 Å². The molecule has 1 amide bonds. The van der Waals surface area contributed by atoms with E-state index in [4.69, 9.17) is 10.5 Å². The highest BCUT2D eigenvalue weighted by atomic mass is 35.5. The maximum atomic E-state index is 12.8. The summed E-state index contributed by atoms with van der Waals surface area (Å²) >= 11 is 0. The second-order valence-corrected chi connectivity index (χ2v) is 8.70. The van der Waals surface area contributed by atoms with Crippen LogP contribution < -0.4 is 11.1 Å². The van der Waals surface area contributed by atoms with E-state index in [2.05, 4.69) is 5.32 Å². The standard InChI is InChI=1S/C18H30N2O2.ClH/c19-11-18(1-3-22-4-2-18)16(21)20-12-17-8-13-5-14(9-17)7-15(6-13)10-17;/h13-15H,1-12,19H2,(H,20,21);1H. The molecule has 3 N–H and O–H groups in total. The van der Waals surface area contributed by atoms with Crippen LogP contribution in [0.1, 0.15) is 51.4 Å². The Balaban J connectivity index is 0.00000156. The summed E-state index contributed by atoms with van der Waals surface area (Å²) in [4.78, 5) is 12.8. The van der Waals surface area contributed by atoms with Crippen LogP contribution in [0.2, 0.25) is 0 Å². The smallest absolute Gasteiger partial charge is 0.227 e. The van der Waals surface area contributed by atoms with Crippen molar-refractivity contribution in [2.45, 2.75) is 51.4 Å². The van der Waals surface area contributed by atoms with Gasteiger partial charge in [0.2, 0.25) is 5.91 Å². The van der Waals surface area contributed by atoms with Gasteiger partial charge in [0.05, 0.1) is 5.41 Å².